The number of hydrogen-bond donors (Lipinski definition) is 1. The lowest BCUT2D eigenvalue weighted by Crippen LogP contribution is -2.38. The number of hydrogen-bond acceptors (Lipinski definition) is 2. The number of nitrogens with one attached hydrogen (secondary N) is 1. The van der Waals surface area contributed by atoms with Crippen LogP contribution in [0.15, 0.2) is 18.2 Å². The molecule has 1 unspecified atom stereocenters. The molecule has 98 valence electrons. The van der Waals surface area contributed by atoms with Gasteiger partial charge in [-0.2, -0.15) is 0 Å². The van der Waals surface area contributed by atoms with Gasteiger partial charge in [-0.3, -0.25) is 0 Å². The van der Waals surface area contributed by atoms with Gasteiger partial charge < -0.3 is 10.1 Å². The maximum Gasteiger partial charge on any atom is 0.122 e. The highest BCUT2D eigenvalue weighted by atomic mass is 16.5. The summed E-state index contributed by atoms with van der Waals surface area (Å²) in [5.74, 6) is 1.82. The monoisotopic (exact) mass is 245 g/mol. The molecule has 2 aliphatic heterocycles. The molecular formula is C16H23NO. The molecule has 2 aliphatic rings. The third-order valence-corrected chi connectivity index (χ3v) is 4.24. The third kappa shape index (κ3) is 2.03. The molecule has 0 radical (unpaired) electrons. The fraction of sp³-hybridized carbons (Fsp3) is 0.625. The molecule has 1 aromatic rings. The van der Waals surface area contributed by atoms with Crippen LogP contribution < -0.4 is 10.1 Å². The van der Waals surface area contributed by atoms with Crippen LogP contribution in [0.5, 0.6) is 5.75 Å². The Morgan fingerprint density at radius 3 is 3.00 bits per heavy atom. The van der Waals surface area contributed by atoms with Gasteiger partial charge in [-0.15, -0.1) is 0 Å². The predicted octanol–water partition coefficient (Wildman–Crippen LogP) is 3.25. The summed E-state index contributed by atoms with van der Waals surface area (Å²) in [6, 6.07) is 6.81. The summed E-state index contributed by atoms with van der Waals surface area (Å²) in [4.78, 5) is 0. The van der Waals surface area contributed by atoms with Gasteiger partial charge in [0, 0.05) is 12.0 Å². The lowest BCUT2D eigenvalue weighted by molar-refractivity contribution is 0.310. The number of benzene rings is 1. The molecule has 1 aromatic carbocycles. The van der Waals surface area contributed by atoms with Gasteiger partial charge in [0.05, 0.1) is 6.61 Å². The van der Waals surface area contributed by atoms with Crippen LogP contribution in [0, 0.1) is 5.92 Å². The van der Waals surface area contributed by atoms with Crippen molar-refractivity contribution in [3.05, 3.63) is 29.3 Å². The summed E-state index contributed by atoms with van der Waals surface area (Å²) in [6.07, 6.45) is 4.86. The molecule has 0 saturated carbocycles. The van der Waals surface area contributed by atoms with Crippen LogP contribution in [0.3, 0.4) is 0 Å². The third-order valence-electron chi connectivity index (χ3n) is 4.24. The summed E-state index contributed by atoms with van der Waals surface area (Å²) >= 11 is 0. The quantitative estimate of drug-likeness (QED) is 0.882. The molecule has 0 bridgehead atoms. The average molecular weight is 245 g/mol. The van der Waals surface area contributed by atoms with Gasteiger partial charge >= 0.3 is 0 Å². The van der Waals surface area contributed by atoms with E-state index in [-0.39, 0.29) is 5.54 Å². The maximum absolute atomic E-state index is 5.61. The SMILES string of the molecule is CC(C)CC1(c2ccc3c(c2)CCO3)CCCN1. The largest absolute Gasteiger partial charge is 0.493 e. The van der Waals surface area contributed by atoms with Crippen molar-refractivity contribution in [2.75, 3.05) is 13.2 Å². The first kappa shape index (κ1) is 12.0. The number of fused-ring (bicyclic) bond motifs is 1. The van der Waals surface area contributed by atoms with E-state index >= 15 is 0 Å². The highest BCUT2D eigenvalue weighted by Gasteiger charge is 2.36. The Kier molecular flexibility index (Phi) is 3.06. The van der Waals surface area contributed by atoms with Crippen LogP contribution in [0.4, 0.5) is 0 Å². The lowest BCUT2D eigenvalue weighted by atomic mass is 9.80. The predicted molar refractivity (Wildman–Crippen MR) is 74.0 cm³/mol. The molecule has 2 heteroatoms. The molecule has 18 heavy (non-hydrogen) atoms. The van der Waals surface area contributed by atoms with E-state index in [4.69, 9.17) is 4.74 Å². The minimum Gasteiger partial charge on any atom is -0.493 e. The smallest absolute Gasteiger partial charge is 0.122 e. The van der Waals surface area contributed by atoms with Crippen LogP contribution >= 0.6 is 0 Å². The van der Waals surface area contributed by atoms with Crippen molar-refractivity contribution in [2.45, 2.75) is 45.1 Å². The Hall–Kier alpha value is -1.02. The molecule has 0 spiro atoms. The van der Waals surface area contributed by atoms with Crippen LogP contribution in [-0.2, 0) is 12.0 Å². The molecule has 0 aliphatic carbocycles. The second kappa shape index (κ2) is 4.58. The van der Waals surface area contributed by atoms with E-state index in [2.05, 4.69) is 37.4 Å². The number of rotatable bonds is 3. The topological polar surface area (TPSA) is 21.3 Å². The highest BCUT2D eigenvalue weighted by Crippen LogP contribution is 2.39. The number of ether oxygens (including phenoxy) is 1. The maximum atomic E-state index is 5.61. The zero-order chi connectivity index (χ0) is 12.6. The van der Waals surface area contributed by atoms with E-state index in [0.29, 0.717) is 0 Å². The van der Waals surface area contributed by atoms with Crippen molar-refractivity contribution in [1.82, 2.24) is 5.32 Å². The van der Waals surface area contributed by atoms with Gasteiger partial charge in [0.25, 0.3) is 0 Å². The van der Waals surface area contributed by atoms with Gasteiger partial charge in [0.15, 0.2) is 0 Å². The van der Waals surface area contributed by atoms with E-state index in [1.165, 1.54) is 30.4 Å². The second-order valence-electron chi connectivity index (χ2n) is 6.13. The van der Waals surface area contributed by atoms with E-state index in [1.54, 1.807) is 0 Å². The second-order valence-corrected chi connectivity index (χ2v) is 6.13. The van der Waals surface area contributed by atoms with Crippen LogP contribution in [0.1, 0.15) is 44.2 Å². The van der Waals surface area contributed by atoms with Crippen molar-refractivity contribution in [2.24, 2.45) is 5.92 Å². The zero-order valence-electron chi connectivity index (χ0n) is 11.5. The van der Waals surface area contributed by atoms with Crippen molar-refractivity contribution in [3.63, 3.8) is 0 Å². The van der Waals surface area contributed by atoms with Crippen LogP contribution in [0.25, 0.3) is 0 Å². The normalized spacial score (nSPS) is 26.4. The lowest BCUT2D eigenvalue weighted by Gasteiger charge is -2.32. The molecule has 1 atom stereocenters. The first-order valence-corrected chi connectivity index (χ1v) is 7.21. The highest BCUT2D eigenvalue weighted by molar-refractivity contribution is 5.42. The molecule has 0 amide bonds. The first-order valence-electron chi connectivity index (χ1n) is 7.21. The summed E-state index contributed by atoms with van der Waals surface area (Å²) < 4.78 is 5.61. The molecule has 3 rings (SSSR count). The van der Waals surface area contributed by atoms with E-state index < -0.39 is 0 Å². The van der Waals surface area contributed by atoms with Crippen LogP contribution in [-0.4, -0.2) is 13.2 Å². The Balaban J connectivity index is 1.95. The standard InChI is InChI=1S/C16H23NO/c1-12(2)11-16(7-3-8-17-16)14-4-5-15-13(10-14)6-9-18-15/h4-5,10,12,17H,3,6-9,11H2,1-2H3. The first-order chi connectivity index (χ1) is 8.70. The van der Waals surface area contributed by atoms with Gasteiger partial charge in [-0.1, -0.05) is 26.0 Å². The molecular weight excluding hydrogens is 222 g/mol. The fourth-order valence-corrected chi connectivity index (χ4v) is 3.53. The average Bonchev–Trinajstić information content (AvgIpc) is 2.95. The van der Waals surface area contributed by atoms with E-state index in [0.717, 1.165) is 31.2 Å². The van der Waals surface area contributed by atoms with E-state index in [1.807, 2.05) is 0 Å². The van der Waals surface area contributed by atoms with Gasteiger partial charge in [0.2, 0.25) is 0 Å². The summed E-state index contributed by atoms with van der Waals surface area (Å²) in [7, 11) is 0. The molecule has 1 saturated heterocycles. The van der Waals surface area contributed by atoms with Crippen molar-refractivity contribution >= 4 is 0 Å². The Morgan fingerprint density at radius 1 is 1.39 bits per heavy atom. The molecule has 0 aromatic heterocycles. The molecule has 1 N–H and O–H groups in total. The van der Waals surface area contributed by atoms with Crippen molar-refractivity contribution < 1.29 is 4.74 Å². The van der Waals surface area contributed by atoms with E-state index in [9.17, 15) is 0 Å². The van der Waals surface area contributed by atoms with Crippen molar-refractivity contribution in [3.8, 4) is 5.75 Å². The Labute approximate surface area is 110 Å². The van der Waals surface area contributed by atoms with Crippen LogP contribution in [0.2, 0.25) is 0 Å². The summed E-state index contributed by atoms with van der Waals surface area (Å²) in [5.41, 5.74) is 3.08. The van der Waals surface area contributed by atoms with Crippen molar-refractivity contribution in [1.29, 1.82) is 0 Å². The Morgan fingerprint density at radius 2 is 2.28 bits per heavy atom. The zero-order valence-corrected chi connectivity index (χ0v) is 11.5. The molecule has 1 fully saturated rings. The Bertz CT molecular complexity index is 433. The fourth-order valence-electron chi connectivity index (χ4n) is 3.53. The van der Waals surface area contributed by atoms with Gasteiger partial charge in [-0.25, -0.2) is 0 Å². The summed E-state index contributed by atoms with van der Waals surface area (Å²) in [5, 5.41) is 3.77. The minimum absolute atomic E-state index is 0.214. The van der Waals surface area contributed by atoms with Gasteiger partial charge in [-0.05, 0) is 48.9 Å². The molecule has 2 heterocycles. The minimum atomic E-state index is 0.214. The summed E-state index contributed by atoms with van der Waals surface area (Å²) in [6.45, 7) is 6.64. The molecule has 2 nitrogen and oxygen atoms in total. The van der Waals surface area contributed by atoms with Gasteiger partial charge in [0.1, 0.15) is 5.75 Å².